The van der Waals surface area contributed by atoms with Crippen molar-refractivity contribution in [3.05, 3.63) is 29.6 Å². The van der Waals surface area contributed by atoms with Crippen LogP contribution in [0.15, 0.2) is 18.2 Å². The molecule has 0 aliphatic heterocycles. The van der Waals surface area contributed by atoms with Crippen LogP contribution in [0.25, 0.3) is 11.0 Å². The zero-order chi connectivity index (χ0) is 15.6. The predicted octanol–water partition coefficient (Wildman–Crippen LogP) is 2.15. The second kappa shape index (κ2) is 6.03. The molecule has 0 aliphatic carbocycles. The van der Waals surface area contributed by atoms with E-state index in [9.17, 15) is 13.2 Å². The third-order valence-electron chi connectivity index (χ3n) is 2.96. The van der Waals surface area contributed by atoms with Gasteiger partial charge in [-0.15, -0.1) is 11.6 Å². The van der Waals surface area contributed by atoms with Gasteiger partial charge in [0.15, 0.2) is 0 Å². The molecule has 2 rings (SSSR count). The summed E-state index contributed by atoms with van der Waals surface area (Å²) in [4.78, 5) is 15.8. The third-order valence-corrected chi connectivity index (χ3v) is 5.09. The van der Waals surface area contributed by atoms with E-state index in [2.05, 4.69) is 9.72 Å². The molecule has 0 saturated carbocycles. The van der Waals surface area contributed by atoms with Gasteiger partial charge in [-0.05, 0) is 24.6 Å². The summed E-state index contributed by atoms with van der Waals surface area (Å²) >= 11 is 5.80. The summed E-state index contributed by atoms with van der Waals surface area (Å²) in [6, 6.07) is 4.57. The van der Waals surface area contributed by atoms with Gasteiger partial charge in [-0.1, -0.05) is 6.92 Å². The average Bonchev–Trinajstić information content (AvgIpc) is 2.84. The lowest BCUT2D eigenvalue weighted by Crippen LogP contribution is -2.18. The fraction of sp³-hybridized carbons (Fsp3) is 0.385. The van der Waals surface area contributed by atoms with Gasteiger partial charge in [0.25, 0.3) is 0 Å². The molecule has 0 fully saturated rings. The van der Waals surface area contributed by atoms with Gasteiger partial charge in [-0.25, -0.2) is 22.2 Å². The number of halogens is 1. The number of hydrogen-bond acceptors (Lipinski definition) is 5. The number of hydrogen-bond donors (Lipinski definition) is 0. The fourth-order valence-electron chi connectivity index (χ4n) is 2.09. The lowest BCUT2D eigenvalue weighted by Gasteiger charge is -2.08. The summed E-state index contributed by atoms with van der Waals surface area (Å²) in [5.74, 6) is -0.359. The Balaban J connectivity index is 2.74. The molecule has 2 aromatic rings. The Morgan fingerprint density at radius 3 is 2.71 bits per heavy atom. The highest BCUT2D eigenvalue weighted by Crippen LogP contribution is 2.22. The van der Waals surface area contributed by atoms with Gasteiger partial charge in [0, 0.05) is 0 Å². The van der Waals surface area contributed by atoms with Crippen molar-refractivity contribution in [2.24, 2.45) is 0 Å². The molecule has 0 N–H and O–H groups in total. The molecule has 8 heteroatoms. The Labute approximate surface area is 127 Å². The maximum absolute atomic E-state index is 12.4. The van der Waals surface area contributed by atoms with Gasteiger partial charge in [-0.3, -0.25) is 0 Å². The first-order chi connectivity index (χ1) is 9.94. The highest BCUT2D eigenvalue weighted by molar-refractivity contribution is 7.90. The van der Waals surface area contributed by atoms with E-state index < -0.39 is 16.0 Å². The van der Waals surface area contributed by atoms with Crippen LogP contribution < -0.4 is 0 Å². The number of alkyl halides is 1. The Bertz CT molecular complexity index is 783. The monoisotopic (exact) mass is 330 g/mol. The maximum Gasteiger partial charge on any atom is 0.337 e. The van der Waals surface area contributed by atoms with Gasteiger partial charge in [0.1, 0.15) is 5.82 Å². The average molecular weight is 331 g/mol. The zero-order valence-electron chi connectivity index (χ0n) is 11.7. The topological polar surface area (TPSA) is 78.3 Å². The van der Waals surface area contributed by atoms with E-state index in [4.69, 9.17) is 11.6 Å². The lowest BCUT2D eigenvalue weighted by atomic mass is 10.2. The minimum Gasteiger partial charge on any atom is -0.465 e. The van der Waals surface area contributed by atoms with Crippen LogP contribution in [0.2, 0.25) is 0 Å². The van der Waals surface area contributed by atoms with E-state index in [1.54, 1.807) is 13.0 Å². The molecule has 0 saturated heterocycles. The summed E-state index contributed by atoms with van der Waals surface area (Å²) in [7, 11) is -2.30. The van der Waals surface area contributed by atoms with E-state index in [1.807, 2.05) is 0 Å². The number of carbonyl (C=O) groups excluding carboxylic acids is 1. The predicted molar refractivity (Wildman–Crippen MR) is 80.1 cm³/mol. The van der Waals surface area contributed by atoms with Gasteiger partial charge >= 0.3 is 5.97 Å². The van der Waals surface area contributed by atoms with Crippen molar-refractivity contribution in [2.45, 2.75) is 19.2 Å². The number of ether oxygens (including phenoxy) is 1. The number of esters is 1. The Hall–Kier alpha value is -1.60. The number of carbonyl (C=O) groups is 1. The Kier molecular flexibility index (Phi) is 4.53. The van der Waals surface area contributed by atoms with Crippen molar-refractivity contribution in [3.8, 4) is 0 Å². The van der Waals surface area contributed by atoms with Crippen molar-refractivity contribution in [1.82, 2.24) is 8.96 Å². The first kappa shape index (κ1) is 15.8. The van der Waals surface area contributed by atoms with E-state index in [0.29, 0.717) is 17.5 Å². The third kappa shape index (κ3) is 2.89. The highest BCUT2D eigenvalue weighted by atomic mass is 35.5. The van der Waals surface area contributed by atoms with E-state index in [1.165, 1.54) is 19.2 Å². The van der Waals surface area contributed by atoms with Crippen LogP contribution in [0, 0.1) is 0 Å². The van der Waals surface area contributed by atoms with Gasteiger partial charge in [-0.2, -0.15) is 0 Å². The molecule has 0 aliphatic rings. The quantitative estimate of drug-likeness (QED) is 0.620. The molecule has 0 bridgehead atoms. The van der Waals surface area contributed by atoms with Crippen molar-refractivity contribution >= 4 is 38.6 Å². The standard InChI is InChI=1S/C13H15ClN2O4S/c1-3-6-21(18,19)16-11-7-9(13(17)20-2)4-5-10(11)15-12(16)8-14/h4-5,7H,3,6,8H2,1-2H3. The van der Waals surface area contributed by atoms with Crippen LogP contribution in [0.3, 0.4) is 0 Å². The number of fused-ring (bicyclic) bond motifs is 1. The molecular weight excluding hydrogens is 316 g/mol. The SMILES string of the molecule is CCCS(=O)(=O)n1c(CCl)nc2ccc(C(=O)OC)cc21. The molecule has 0 radical (unpaired) electrons. The molecule has 114 valence electrons. The van der Waals surface area contributed by atoms with Crippen LogP contribution in [-0.4, -0.2) is 36.2 Å². The van der Waals surface area contributed by atoms with E-state index in [-0.39, 0.29) is 23.0 Å². The lowest BCUT2D eigenvalue weighted by molar-refractivity contribution is 0.0601. The smallest absolute Gasteiger partial charge is 0.337 e. The minimum absolute atomic E-state index is 0.0230. The molecule has 0 unspecified atom stereocenters. The summed E-state index contributed by atoms with van der Waals surface area (Å²) in [6.07, 6.45) is 0.473. The van der Waals surface area contributed by atoms with Gasteiger partial charge < -0.3 is 4.74 Å². The first-order valence-corrected chi connectivity index (χ1v) is 8.48. The molecule has 1 aromatic heterocycles. The van der Waals surface area contributed by atoms with Gasteiger partial charge in [0.05, 0.1) is 35.3 Å². The molecule has 0 amide bonds. The van der Waals surface area contributed by atoms with Crippen LogP contribution in [0.5, 0.6) is 0 Å². The summed E-state index contributed by atoms with van der Waals surface area (Å²) < 4.78 is 30.5. The number of rotatable bonds is 5. The van der Waals surface area contributed by atoms with Crippen molar-refractivity contribution in [3.63, 3.8) is 0 Å². The minimum atomic E-state index is -3.57. The van der Waals surface area contributed by atoms with Crippen molar-refractivity contribution in [1.29, 1.82) is 0 Å². The van der Waals surface area contributed by atoms with E-state index >= 15 is 0 Å². The number of nitrogens with zero attached hydrogens (tertiary/aromatic N) is 2. The molecule has 1 aromatic carbocycles. The summed E-state index contributed by atoms with van der Waals surface area (Å²) in [5.41, 5.74) is 1.07. The second-order valence-corrected chi connectivity index (χ2v) is 6.64. The normalized spacial score (nSPS) is 11.8. The molecular formula is C13H15ClN2O4S. The number of imidazole rings is 1. The van der Waals surface area contributed by atoms with Gasteiger partial charge in [0.2, 0.25) is 10.0 Å². The number of methoxy groups -OCH3 is 1. The van der Waals surface area contributed by atoms with Crippen LogP contribution >= 0.6 is 11.6 Å². The molecule has 0 spiro atoms. The van der Waals surface area contributed by atoms with Crippen LogP contribution in [0.1, 0.15) is 29.5 Å². The van der Waals surface area contributed by atoms with Crippen LogP contribution in [0.4, 0.5) is 0 Å². The second-order valence-electron chi connectivity index (χ2n) is 4.44. The Morgan fingerprint density at radius 1 is 1.43 bits per heavy atom. The fourth-order valence-corrected chi connectivity index (χ4v) is 3.91. The zero-order valence-corrected chi connectivity index (χ0v) is 13.2. The first-order valence-electron chi connectivity index (χ1n) is 6.33. The van der Waals surface area contributed by atoms with E-state index in [0.717, 1.165) is 3.97 Å². The highest BCUT2D eigenvalue weighted by Gasteiger charge is 2.22. The molecule has 0 atom stereocenters. The molecule has 21 heavy (non-hydrogen) atoms. The summed E-state index contributed by atoms with van der Waals surface area (Å²) in [5, 5.41) is 0. The van der Waals surface area contributed by atoms with Crippen molar-refractivity contribution < 1.29 is 17.9 Å². The molecule has 6 nitrogen and oxygen atoms in total. The summed E-state index contributed by atoms with van der Waals surface area (Å²) in [6.45, 7) is 1.77. The van der Waals surface area contributed by atoms with Crippen LogP contribution in [-0.2, 0) is 20.6 Å². The van der Waals surface area contributed by atoms with Crippen molar-refractivity contribution in [2.75, 3.05) is 12.9 Å². The number of aromatic nitrogens is 2. The Morgan fingerprint density at radius 2 is 2.14 bits per heavy atom. The largest absolute Gasteiger partial charge is 0.465 e. The maximum atomic E-state index is 12.4. The molecule has 1 heterocycles. The number of benzene rings is 1.